The Labute approximate surface area is 304 Å². The van der Waals surface area contributed by atoms with Gasteiger partial charge >= 0.3 is 0 Å². The number of hydrogen-bond acceptors (Lipinski definition) is 2. The lowest BCUT2D eigenvalue weighted by Crippen LogP contribution is -2.22. The third-order valence-electron chi connectivity index (χ3n) is 9.33. The number of benzene rings is 6. The molecule has 0 unspecified atom stereocenters. The van der Waals surface area contributed by atoms with Crippen molar-refractivity contribution in [2.45, 2.75) is 44.4 Å². The first-order valence-corrected chi connectivity index (χ1v) is 17.6. The topological polar surface area (TPSA) is 3.24 Å². The summed E-state index contributed by atoms with van der Waals surface area (Å²) in [6.45, 7) is 8.89. The van der Waals surface area contributed by atoms with Crippen LogP contribution >= 0.6 is 12.6 Å². The average Bonchev–Trinajstić information content (AvgIpc) is 3.44. The number of hydrogen-bond donors (Lipinski definition) is 1. The van der Waals surface area contributed by atoms with E-state index in [-0.39, 0.29) is 5.41 Å². The van der Waals surface area contributed by atoms with Crippen molar-refractivity contribution < 1.29 is 0 Å². The van der Waals surface area contributed by atoms with Crippen LogP contribution in [0.5, 0.6) is 0 Å². The summed E-state index contributed by atoms with van der Waals surface area (Å²) in [5, 5.41) is 0. The highest BCUT2D eigenvalue weighted by Gasteiger charge is 2.26. The standard InChI is InChI=1S/C41H35N.C7H8S/c1-31-20-27-39(30-40(31)41(2,3)36-16-10-7-11-17-36)42(37-18-12-4-5-13-19-37)38-28-25-35(26-29-38)34-23-21-33(22-24-34)32-14-8-6-9-15-32;1-6-4-2-3-5-7(6)8/h6-12,14-30H,13H2,1-3H3;2-5,8H,1H3. The van der Waals surface area contributed by atoms with E-state index in [1.165, 1.54) is 44.5 Å². The maximum Gasteiger partial charge on any atom is 0.0464 e. The van der Waals surface area contributed by atoms with E-state index in [4.69, 9.17) is 0 Å². The van der Waals surface area contributed by atoms with Gasteiger partial charge in [-0.05, 0) is 107 Å². The minimum atomic E-state index is -0.139. The second kappa shape index (κ2) is 15.8. The molecule has 0 saturated carbocycles. The molecule has 7 rings (SSSR count). The van der Waals surface area contributed by atoms with Crippen LogP contribution in [0.15, 0.2) is 180 Å². The van der Waals surface area contributed by atoms with Gasteiger partial charge in [-0.25, -0.2) is 0 Å². The van der Waals surface area contributed by atoms with Crippen LogP contribution in [0.1, 0.15) is 42.5 Å². The normalized spacial score (nSPS) is 12.1. The van der Waals surface area contributed by atoms with Crippen LogP contribution in [0, 0.1) is 25.7 Å². The fourth-order valence-electron chi connectivity index (χ4n) is 6.37. The molecule has 0 amide bonds. The molecule has 0 aliphatic heterocycles. The van der Waals surface area contributed by atoms with Crippen molar-refractivity contribution in [3.05, 3.63) is 198 Å². The van der Waals surface area contributed by atoms with E-state index < -0.39 is 0 Å². The molecule has 0 saturated heterocycles. The van der Waals surface area contributed by atoms with Gasteiger partial charge in [-0.1, -0.05) is 147 Å². The third kappa shape index (κ3) is 8.03. The quantitative estimate of drug-likeness (QED) is 0.131. The number of thiol groups is 1. The van der Waals surface area contributed by atoms with Gasteiger partial charge in [-0.3, -0.25) is 0 Å². The number of allylic oxidation sites excluding steroid dienone is 3. The first kappa shape index (κ1) is 34.4. The summed E-state index contributed by atoms with van der Waals surface area (Å²) in [6, 6.07) is 53.9. The lowest BCUT2D eigenvalue weighted by atomic mass is 9.76. The van der Waals surface area contributed by atoms with Gasteiger partial charge in [-0.15, -0.1) is 12.6 Å². The first-order valence-electron chi connectivity index (χ1n) is 17.1. The lowest BCUT2D eigenvalue weighted by molar-refractivity contribution is 0.636. The van der Waals surface area contributed by atoms with E-state index in [1.54, 1.807) is 0 Å². The van der Waals surface area contributed by atoms with Gasteiger partial charge in [0.25, 0.3) is 0 Å². The predicted octanol–water partition coefficient (Wildman–Crippen LogP) is 12.9. The van der Waals surface area contributed by atoms with E-state index in [1.807, 2.05) is 37.3 Å². The summed E-state index contributed by atoms with van der Waals surface area (Å²) in [4.78, 5) is 3.41. The van der Waals surface area contributed by atoms with Crippen molar-refractivity contribution in [1.82, 2.24) is 0 Å². The lowest BCUT2D eigenvalue weighted by Gasteiger charge is -2.32. The number of rotatable bonds is 7. The summed E-state index contributed by atoms with van der Waals surface area (Å²) >= 11 is 4.20. The Kier molecular flexibility index (Phi) is 10.9. The van der Waals surface area contributed by atoms with E-state index in [9.17, 15) is 0 Å². The molecule has 0 aromatic heterocycles. The SMILES string of the molecule is Cc1ccc(N(C2=CCC#CC=C2)c2ccc(-c3ccc(-c4ccccc4)cc3)cc2)cc1C(C)(C)c1ccccc1.Cc1ccccc1S. The molecule has 1 aliphatic carbocycles. The fourth-order valence-corrected chi connectivity index (χ4v) is 6.53. The zero-order chi connectivity index (χ0) is 34.9. The Balaban J connectivity index is 0.000000477. The second-order valence-electron chi connectivity index (χ2n) is 13.1. The van der Waals surface area contributed by atoms with Crippen molar-refractivity contribution in [3.8, 4) is 34.1 Å². The van der Waals surface area contributed by atoms with Gasteiger partial charge in [-0.2, -0.15) is 0 Å². The molecular formula is C48H43NS. The van der Waals surface area contributed by atoms with E-state index in [2.05, 4.69) is 190 Å². The number of aryl methyl sites for hydroxylation is 2. The van der Waals surface area contributed by atoms with Crippen molar-refractivity contribution in [1.29, 1.82) is 0 Å². The van der Waals surface area contributed by atoms with Crippen LogP contribution in [0.2, 0.25) is 0 Å². The van der Waals surface area contributed by atoms with Crippen molar-refractivity contribution in [2.24, 2.45) is 0 Å². The molecule has 0 radical (unpaired) electrons. The van der Waals surface area contributed by atoms with Crippen LogP contribution in [-0.4, -0.2) is 0 Å². The van der Waals surface area contributed by atoms with Gasteiger partial charge in [0.05, 0.1) is 0 Å². The highest BCUT2D eigenvalue weighted by atomic mass is 32.1. The Morgan fingerprint density at radius 3 is 1.72 bits per heavy atom. The largest absolute Gasteiger partial charge is 0.311 e. The van der Waals surface area contributed by atoms with Gasteiger partial charge in [0.2, 0.25) is 0 Å². The van der Waals surface area contributed by atoms with Gasteiger partial charge in [0, 0.05) is 33.8 Å². The van der Waals surface area contributed by atoms with E-state index >= 15 is 0 Å². The number of nitrogens with zero attached hydrogens (tertiary/aromatic N) is 1. The van der Waals surface area contributed by atoms with Gasteiger partial charge < -0.3 is 4.90 Å². The Morgan fingerprint density at radius 2 is 1.12 bits per heavy atom. The molecule has 0 bridgehead atoms. The predicted molar refractivity (Wildman–Crippen MR) is 217 cm³/mol. The minimum Gasteiger partial charge on any atom is -0.311 e. The Morgan fingerprint density at radius 1 is 0.580 bits per heavy atom. The van der Waals surface area contributed by atoms with Gasteiger partial charge in [0.15, 0.2) is 0 Å². The molecule has 0 heterocycles. The summed E-state index contributed by atoms with van der Waals surface area (Å²) in [5.41, 5.74) is 13.2. The summed E-state index contributed by atoms with van der Waals surface area (Å²) < 4.78 is 0. The first-order chi connectivity index (χ1) is 24.3. The molecule has 6 aromatic rings. The highest BCUT2D eigenvalue weighted by molar-refractivity contribution is 7.80. The summed E-state index contributed by atoms with van der Waals surface area (Å²) in [5.74, 6) is 6.35. The van der Waals surface area contributed by atoms with Crippen molar-refractivity contribution in [2.75, 3.05) is 4.90 Å². The number of anilines is 2. The molecule has 50 heavy (non-hydrogen) atoms. The molecule has 1 aliphatic rings. The summed E-state index contributed by atoms with van der Waals surface area (Å²) in [7, 11) is 0. The second-order valence-corrected chi connectivity index (χ2v) is 13.6. The summed E-state index contributed by atoms with van der Waals surface area (Å²) in [6.07, 6.45) is 7.02. The van der Waals surface area contributed by atoms with Crippen molar-refractivity contribution in [3.63, 3.8) is 0 Å². The van der Waals surface area contributed by atoms with Crippen LogP contribution in [0.4, 0.5) is 11.4 Å². The Bertz CT molecular complexity index is 2140. The molecule has 0 spiro atoms. The maximum absolute atomic E-state index is 4.20. The van der Waals surface area contributed by atoms with Crippen LogP contribution in [-0.2, 0) is 5.41 Å². The zero-order valence-corrected chi connectivity index (χ0v) is 30.2. The van der Waals surface area contributed by atoms with E-state index in [0.717, 1.165) is 28.4 Å². The third-order valence-corrected chi connectivity index (χ3v) is 9.83. The molecule has 6 aromatic carbocycles. The molecule has 0 atom stereocenters. The Hall–Kier alpha value is -5.49. The monoisotopic (exact) mass is 665 g/mol. The van der Waals surface area contributed by atoms with E-state index in [0.29, 0.717) is 0 Å². The van der Waals surface area contributed by atoms with Crippen LogP contribution in [0.3, 0.4) is 0 Å². The molecule has 0 fully saturated rings. The average molecular weight is 666 g/mol. The van der Waals surface area contributed by atoms with Crippen LogP contribution < -0.4 is 4.90 Å². The smallest absolute Gasteiger partial charge is 0.0464 e. The van der Waals surface area contributed by atoms with Gasteiger partial charge in [0.1, 0.15) is 0 Å². The highest BCUT2D eigenvalue weighted by Crippen LogP contribution is 2.39. The molecular weight excluding hydrogens is 623 g/mol. The maximum atomic E-state index is 4.20. The van der Waals surface area contributed by atoms with Crippen molar-refractivity contribution >= 4 is 24.0 Å². The molecule has 1 nitrogen and oxygen atoms in total. The fraction of sp³-hybridized carbons (Fsp3) is 0.125. The minimum absolute atomic E-state index is 0.139. The molecule has 2 heteroatoms. The van der Waals surface area contributed by atoms with Crippen LogP contribution in [0.25, 0.3) is 22.3 Å². The molecule has 246 valence electrons. The molecule has 0 N–H and O–H groups in total. The zero-order valence-electron chi connectivity index (χ0n) is 29.3.